The topological polar surface area (TPSA) is 60.2 Å². The SMILES string of the molecule is COc1cc(NCCCCCN)c2nccc(C)c2c1. The number of nitrogens with zero attached hydrogens (tertiary/aromatic N) is 1. The number of benzene rings is 1. The number of nitrogens with two attached hydrogens (primary N) is 1. The largest absolute Gasteiger partial charge is 0.497 e. The first-order chi connectivity index (χ1) is 9.76. The number of fused-ring (bicyclic) bond motifs is 1. The van der Waals surface area contributed by atoms with E-state index in [4.69, 9.17) is 10.5 Å². The zero-order chi connectivity index (χ0) is 14.4. The van der Waals surface area contributed by atoms with Crippen LogP contribution < -0.4 is 15.8 Å². The molecule has 0 fully saturated rings. The third kappa shape index (κ3) is 3.39. The van der Waals surface area contributed by atoms with E-state index < -0.39 is 0 Å². The van der Waals surface area contributed by atoms with Gasteiger partial charge in [0.25, 0.3) is 0 Å². The van der Waals surface area contributed by atoms with Crippen LogP contribution in [-0.2, 0) is 0 Å². The van der Waals surface area contributed by atoms with Crippen molar-refractivity contribution in [3.05, 3.63) is 30.0 Å². The summed E-state index contributed by atoms with van der Waals surface area (Å²) in [4.78, 5) is 4.49. The summed E-state index contributed by atoms with van der Waals surface area (Å²) in [6.45, 7) is 3.79. The second kappa shape index (κ2) is 7.10. The van der Waals surface area contributed by atoms with Crippen LogP contribution >= 0.6 is 0 Å². The Morgan fingerprint density at radius 3 is 2.85 bits per heavy atom. The third-order valence-electron chi connectivity index (χ3n) is 3.47. The van der Waals surface area contributed by atoms with Crippen LogP contribution in [-0.4, -0.2) is 25.2 Å². The monoisotopic (exact) mass is 273 g/mol. The number of aromatic nitrogens is 1. The molecule has 4 nitrogen and oxygen atoms in total. The van der Waals surface area contributed by atoms with Crippen molar-refractivity contribution in [2.45, 2.75) is 26.2 Å². The smallest absolute Gasteiger partial charge is 0.121 e. The van der Waals surface area contributed by atoms with E-state index in [0.29, 0.717) is 0 Å². The molecule has 2 aromatic rings. The van der Waals surface area contributed by atoms with Crippen molar-refractivity contribution in [3.63, 3.8) is 0 Å². The number of aryl methyl sites for hydroxylation is 1. The Morgan fingerprint density at radius 2 is 2.10 bits per heavy atom. The van der Waals surface area contributed by atoms with Gasteiger partial charge in [-0.3, -0.25) is 4.98 Å². The Balaban J connectivity index is 2.20. The molecule has 1 aromatic heterocycles. The molecule has 2 rings (SSSR count). The van der Waals surface area contributed by atoms with E-state index in [1.165, 1.54) is 5.56 Å². The molecule has 108 valence electrons. The summed E-state index contributed by atoms with van der Waals surface area (Å²) in [5.74, 6) is 0.859. The van der Waals surface area contributed by atoms with Crippen LogP contribution in [0.4, 0.5) is 5.69 Å². The second-order valence-corrected chi connectivity index (χ2v) is 4.98. The van der Waals surface area contributed by atoms with E-state index in [-0.39, 0.29) is 0 Å². The van der Waals surface area contributed by atoms with Gasteiger partial charge < -0.3 is 15.8 Å². The summed E-state index contributed by atoms with van der Waals surface area (Å²) in [5, 5.41) is 4.60. The fourth-order valence-electron chi connectivity index (χ4n) is 2.28. The zero-order valence-electron chi connectivity index (χ0n) is 12.3. The van der Waals surface area contributed by atoms with Crippen LogP contribution in [0.1, 0.15) is 24.8 Å². The molecule has 0 spiro atoms. The van der Waals surface area contributed by atoms with Gasteiger partial charge in [-0.2, -0.15) is 0 Å². The van der Waals surface area contributed by atoms with E-state index in [1.807, 2.05) is 24.4 Å². The van der Waals surface area contributed by atoms with Crippen molar-refractivity contribution in [1.29, 1.82) is 0 Å². The first-order valence-electron chi connectivity index (χ1n) is 7.13. The first kappa shape index (κ1) is 14.6. The molecule has 0 atom stereocenters. The number of rotatable bonds is 7. The quantitative estimate of drug-likeness (QED) is 0.761. The number of pyridine rings is 1. The maximum atomic E-state index is 5.50. The Morgan fingerprint density at radius 1 is 1.25 bits per heavy atom. The molecule has 0 radical (unpaired) electrons. The first-order valence-corrected chi connectivity index (χ1v) is 7.13. The summed E-state index contributed by atoms with van der Waals surface area (Å²) >= 11 is 0. The minimum Gasteiger partial charge on any atom is -0.497 e. The van der Waals surface area contributed by atoms with Gasteiger partial charge in [0.2, 0.25) is 0 Å². The maximum absolute atomic E-state index is 5.50. The van der Waals surface area contributed by atoms with Crippen LogP contribution in [0.25, 0.3) is 10.9 Å². The molecule has 0 aliphatic heterocycles. The van der Waals surface area contributed by atoms with Crippen LogP contribution in [0.5, 0.6) is 5.75 Å². The molecule has 20 heavy (non-hydrogen) atoms. The predicted molar refractivity (Wildman–Crippen MR) is 84.4 cm³/mol. The fourth-order valence-corrected chi connectivity index (χ4v) is 2.28. The summed E-state index contributed by atoms with van der Waals surface area (Å²) in [6, 6.07) is 6.07. The molecule has 1 heterocycles. The van der Waals surface area contributed by atoms with Gasteiger partial charge in [-0.1, -0.05) is 6.42 Å². The van der Waals surface area contributed by atoms with Gasteiger partial charge in [-0.25, -0.2) is 0 Å². The van der Waals surface area contributed by atoms with Gasteiger partial charge in [0, 0.05) is 24.2 Å². The highest BCUT2D eigenvalue weighted by atomic mass is 16.5. The summed E-state index contributed by atoms with van der Waals surface area (Å²) in [5.41, 5.74) is 8.75. The van der Waals surface area contributed by atoms with Gasteiger partial charge in [0.15, 0.2) is 0 Å². The summed E-state index contributed by atoms with van der Waals surface area (Å²) in [7, 11) is 1.69. The molecule has 0 aliphatic rings. The summed E-state index contributed by atoms with van der Waals surface area (Å²) in [6.07, 6.45) is 5.20. The Hall–Kier alpha value is -1.81. The zero-order valence-corrected chi connectivity index (χ0v) is 12.3. The second-order valence-electron chi connectivity index (χ2n) is 4.98. The van der Waals surface area contributed by atoms with Gasteiger partial charge >= 0.3 is 0 Å². The molecule has 1 aromatic carbocycles. The molecule has 0 unspecified atom stereocenters. The van der Waals surface area contributed by atoms with Crippen molar-refractivity contribution in [2.75, 3.05) is 25.5 Å². The van der Waals surface area contributed by atoms with Crippen LogP contribution in [0.15, 0.2) is 24.4 Å². The number of hydrogen-bond donors (Lipinski definition) is 2. The van der Waals surface area contributed by atoms with Crippen LogP contribution in [0.2, 0.25) is 0 Å². The average molecular weight is 273 g/mol. The number of hydrogen-bond acceptors (Lipinski definition) is 4. The van der Waals surface area contributed by atoms with E-state index >= 15 is 0 Å². The number of ether oxygens (including phenoxy) is 1. The van der Waals surface area contributed by atoms with Crippen molar-refractivity contribution in [3.8, 4) is 5.75 Å². The molecule has 0 amide bonds. The lowest BCUT2D eigenvalue weighted by molar-refractivity contribution is 0.415. The van der Waals surface area contributed by atoms with Gasteiger partial charge in [0.1, 0.15) is 5.75 Å². The standard InChI is InChI=1S/C16H23N3O/c1-12-6-9-19-16-14(12)10-13(20-2)11-15(16)18-8-5-3-4-7-17/h6,9-11,18H,3-5,7-8,17H2,1-2H3. The van der Waals surface area contributed by atoms with Crippen LogP contribution in [0.3, 0.4) is 0 Å². The molecular weight excluding hydrogens is 250 g/mol. The van der Waals surface area contributed by atoms with Gasteiger partial charge in [-0.15, -0.1) is 0 Å². The predicted octanol–water partition coefficient (Wildman–Crippen LogP) is 3.09. The van der Waals surface area contributed by atoms with E-state index in [0.717, 1.165) is 54.7 Å². The highest BCUT2D eigenvalue weighted by Crippen LogP contribution is 2.29. The Kier molecular flexibility index (Phi) is 5.18. The number of anilines is 1. The maximum Gasteiger partial charge on any atom is 0.121 e. The average Bonchev–Trinajstić information content (AvgIpc) is 2.47. The molecule has 3 N–H and O–H groups in total. The van der Waals surface area contributed by atoms with Crippen LogP contribution in [0, 0.1) is 6.92 Å². The normalized spacial score (nSPS) is 10.8. The molecule has 0 bridgehead atoms. The minimum atomic E-state index is 0.767. The van der Waals surface area contributed by atoms with Crippen molar-refractivity contribution < 1.29 is 4.74 Å². The van der Waals surface area contributed by atoms with Crippen molar-refractivity contribution >= 4 is 16.6 Å². The molecule has 0 saturated heterocycles. The number of unbranched alkanes of at least 4 members (excludes halogenated alkanes) is 2. The van der Waals surface area contributed by atoms with Gasteiger partial charge in [0.05, 0.1) is 18.3 Å². The number of nitrogens with one attached hydrogen (secondary N) is 1. The van der Waals surface area contributed by atoms with E-state index in [1.54, 1.807) is 7.11 Å². The number of methoxy groups -OCH3 is 1. The summed E-state index contributed by atoms with van der Waals surface area (Å²) < 4.78 is 5.38. The Labute approximate surface area is 120 Å². The Bertz CT molecular complexity index is 569. The highest BCUT2D eigenvalue weighted by Gasteiger charge is 2.07. The molecule has 0 saturated carbocycles. The van der Waals surface area contributed by atoms with E-state index in [2.05, 4.69) is 17.2 Å². The lowest BCUT2D eigenvalue weighted by atomic mass is 10.1. The third-order valence-corrected chi connectivity index (χ3v) is 3.47. The highest BCUT2D eigenvalue weighted by molar-refractivity contribution is 5.93. The minimum absolute atomic E-state index is 0.767. The van der Waals surface area contributed by atoms with Gasteiger partial charge in [-0.05, 0) is 44.0 Å². The van der Waals surface area contributed by atoms with Crippen molar-refractivity contribution in [1.82, 2.24) is 4.98 Å². The lowest BCUT2D eigenvalue weighted by Gasteiger charge is -2.12. The molecular formula is C16H23N3O. The lowest BCUT2D eigenvalue weighted by Crippen LogP contribution is -2.05. The van der Waals surface area contributed by atoms with Crippen molar-refractivity contribution in [2.24, 2.45) is 5.73 Å². The molecule has 0 aliphatic carbocycles. The van der Waals surface area contributed by atoms with E-state index in [9.17, 15) is 0 Å². The fraction of sp³-hybridized carbons (Fsp3) is 0.438. The molecule has 4 heteroatoms.